The summed E-state index contributed by atoms with van der Waals surface area (Å²) in [5.41, 5.74) is 2.56. The second-order valence-corrected chi connectivity index (χ2v) is 8.80. The number of tetrazole rings is 1. The van der Waals surface area contributed by atoms with Crippen molar-refractivity contribution in [2.75, 3.05) is 32.8 Å². The van der Waals surface area contributed by atoms with E-state index in [-0.39, 0.29) is 23.9 Å². The van der Waals surface area contributed by atoms with Crippen LogP contribution in [0.4, 0.5) is 0 Å². The minimum Gasteiger partial charge on any atom is -0.456 e. The maximum absolute atomic E-state index is 13.2. The number of nitrogens with zero attached hydrogens (tertiary/aromatic N) is 6. The van der Waals surface area contributed by atoms with Gasteiger partial charge in [0.25, 0.3) is 0 Å². The predicted octanol–water partition coefficient (Wildman–Crippen LogP) is 0.841. The summed E-state index contributed by atoms with van der Waals surface area (Å²) < 4.78 is 6.65. The summed E-state index contributed by atoms with van der Waals surface area (Å²) in [5, 5.41) is 21.8. The molecule has 10 heteroatoms. The first kappa shape index (κ1) is 20.8. The summed E-state index contributed by atoms with van der Waals surface area (Å²) in [6.45, 7) is 4.59. The monoisotopic (exact) mass is 438 g/mol. The van der Waals surface area contributed by atoms with Gasteiger partial charge in [-0.15, -0.1) is 5.10 Å². The molecule has 10 nitrogen and oxygen atoms in total. The molecular weight excluding hydrogens is 412 g/mol. The van der Waals surface area contributed by atoms with E-state index in [1.54, 1.807) is 16.5 Å². The molecular formula is C22H26N6O4. The molecule has 32 heavy (non-hydrogen) atoms. The molecule has 5 rings (SSSR count). The van der Waals surface area contributed by atoms with Crippen molar-refractivity contribution >= 4 is 11.9 Å². The minimum absolute atomic E-state index is 0.114. The number of hydrogen-bond acceptors (Lipinski definition) is 8. The number of hydrogen-bond donors (Lipinski definition) is 1. The number of rotatable bonds is 5. The number of cyclic esters (lactones) is 1. The van der Waals surface area contributed by atoms with E-state index in [0.717, 1.165) is 49.3 Å². The highest BCUT2D eigenvalue weighted by Crippen LogP contribution is 2.43. The molecule has 3 aliphatic heterocycles. The highest BCUT2D eigenvalue weighted by molar-refractivity contribution is 5.94. The van der Waals surface area contributed by atoms with E-state index in [4.69, 9.17) is 4.74 Å². The van der Waals surface area contributed by atoms with Gasteiger partial charge in [0.15, 0.2) is 0 Å². The second kappa shape index (κ2) is 8.10. The lowest BCUT2D eigenvalue weighted by molar-refractivity contribution is -0.138. The summed E-state index contributed by atoms with van der Waals surface area (Å²) >= 11 is 0. The summed E-state index contributed by atoms with van der Waals surface area (Å²) in [7, 11) is 0. The smallest absolute Gasteiger partial charge is 0.336 e. The van der Waals surface area contributed by atoms with Gasteiger partial charge in [-0.25, -0.2) is 9.48 Å². The zero-order valence-electron chi connectivity index (χ0n) is 18.0. The minimum atomic E-state index is -0.614. The molecule has 0 radical (unpaired) electrons. The van der Waals surface area contributed by atoms with Crippen LogP contribution < -0.4 is 0 Å². The fraction of sp³-hybridized carbons (Fsp3) is 0.500. The molecule has 4 heterocycles. The molecule has 0 aliphatic carbocycles. The molecule has 168 valence electrons. The number of likely N-dealkylation sites (tertiary alicyclic amines) is 2. The third-order valence-electron chi connectivity index (χ3n) is 7.05. The maximum Gasteiger partial charge on any atom is 0.336 e. The van der Waals surface area contributed by atoms with Crippen molar-refractivity contribution in [1.29, 1.82) is 0 Å². The van der Waals surface area contributed by atoms with Gasteiger partial charge in [-0.05, 0) is 67.4 Å². The Kier molecular flexibility index (Phi) is 5.26. The van der Waals surface area contributed by atoms with Gasteiger partial charge in [0, 0.05) is 13.1 Å². The zero-order chi connectivity index (χ0) is 22.3. The van der Waals surface area contributed by atoms with Crippen LogP contribution in [0.25, 0.3) is 5.69 Å². The van der Waals surface area contributed by atoms with Gasteiger partial charge in [-0.2, -0.15) is 0 Å². The average Bonchev–Trinajstić information content (AvgIpc) is 3.53. The molecule has 1 N–H and O–H groups in total. The van der Waals surface area contributed by atoms with Crippen molar-refractivity contribution in [3.05, 3.63) is 47.4 Å². The molecule has 1 atom stereocenters. The first-order chi connectivity index (χ1) is 15.5. The number of aliphatic hydroxyl groups is 1. The van der Waals surface area contributed by atoms with E-state index < -0.39 is 6.10 Å². The van der Waals surface area contributed by atoms with Crippen LogP contribution in [0.1, 0.15) is 37.9 Å². The number of amides is 1. The Morgan fingerprint density at radius 1 is 1.12 bits per heavy atom. The molecule has 1 spiro atoms. The zero-order valence-corrected chi connectivity index (χ0v) is 18.0. The van der Waals surface area contributed by atoms with Crippen molar-refractivity contribution in [2.24, 2.45) is 5.41 Å². The van der Waals surface area contributed by atoms with Crippen molar-refractivity contribution in [3.8, 4) is 5.69 Å². The quantitative estimate of drug-likeness (QED) is 0.684. The van der Waals surface area contributed by atoms with Gasteiger partial charge in [-0.1, -0.05) is 12.1 Å². The van der Waals surface area contributed by atoms with Gasteiger partial charge in [-0.3, -0.25) is 4.79 Å². The fourth-order valence-corrected chi connectivity index (χ4v) is 4.93. The number of piperidine rings is 1. The van der Waals surface area contributed by atoms with Crippen LogP contribution in [0, 0.1) is 5.41 Å². The van der Waals surface area contributed by atoms with E-state index in [2.05, 4.69) is 20.4 Å². The Morgan fingerprint density at radius 2 is 1.84 bits per heavy atom. The molecule has 0 unspecified atom stereocenters. The van der Waals surface area contributed by atoms with E-state index in [1.165, 1.54) is 6.33 Å². The first-order valence-corrected chi connectivity index (χ1v) is 10.9. The number of aromatic nitrogens is 4. The van der Waals surface area contributed by atoms with Crippen LogP contribution in [0.15, 0.2) is 41.9 Å². The van der Waals surface area contributed by atoms with Crippen molar-refractivity contribution in [1.82, 2.24) is 30.0 Å². The van der Waals surface area contributed by atoms with Crippen LogP contribution in [0.3, 0.4) is 0 Å². The van der Waals surface area contributed by atoms with E-state index in [1.807, 2.05) is 24.3 Å². The third kappa shape index (κ3) is 3.59. The average molecular weight is 438 g/mol. The van der Waals surface area contributed by atoms with Crippen molar-refractivity contribution in [2.45, 2.75) is 32.3 Å². The number of β-amino-alcohol motifs (C(OH)–C–C–N with tert-alkyl or cyclic N) is 1. The summed E-state index contributed by atoms with van der Waals surface area (Å²) in [6, 6.07) is 7.51. The van der Waals surface area contributed by atoms with Crippen molar-refractivity contribution in [3.63, 3.8) is 0 Å². The van der Waals surface area contributed by atoms with E-state index in [0.29, 0.717) is 18.7 Å². The Labute approximate surface area is 185 Å². The Morgan fingerprint density at radius 3 is 2.47 bits per heavy atom. The summed E-state index contributed by atoms with van der Waals surface area (Å²) in [4.78, 5) is 28.9. The lowest BCUT2D eigenvalue weighted by Crippen LogP contribution is -2.45. The molecule has 1 aromatic carbocycles. The van der Waals surface area contributed by atoms with Crippen LogP contribution >= 0.6 is 0 Å². The number of esters is 1. The number of carbonyl (C=O) groups excluding carboxylic acids is 2. The molecule has 2 fully saturated rings. The summed E-state index contributed by atoms with van der Waals surface area (Å²) in [5.74, 6) is -0.216. The van der Waals surface area contributed by atoms with Crippen LogP contribution in [0.2, 0.25) is 0 Å². The standard InChI is InChI=1S/C22H26N6O4/c1-15-18(13-32-20(15)30)27-11-8-22(21(27)31)6-9-26(10-7-22)12-19(29)16-2-4-17(5-3-16)28-14-23-24-25-28/h2-5,14,19,29H,6-13H2,1H3/t19-/m0/s1. The van der Waals surface area contributed by atoms with Crippen LogP contribution in [-0.2, 0) is 14.3 Å². The Bertz CT molecular complexity index is 1040. The van der Waals surface area contributed by atoms with E-state index >= 15 is 0 Å². The molecule has 1 aromatic heterocycles. The topological polar surface area (TPSA) is 114 Å². The number of ether oxygens (including phenoxy) is 1. The summed E-state index contributed by atoms with van der Waals surface area (Å²) in [6.07, 6.45) is 3.22. The molecule has 0 saturated carbocycles. The van der Waals surface area contributed by atoms with Crippen LogP contribution in [0.5, 0.6) is 0 Å². The molecule has 0 bridgehead atoms. The first-order valence-electron chi connectivity index (χ1n) is 10.9. The van der Waals surface area contributed by atoms with Gasteiger partial charge in [0.1, 0.15) is 12.9 Å². The Hall–Kier alpha value is -3.11. The maximum atomic E-state index is 13.2. The lowest BCUT2D eigenvalue weighted by Gasteiger charge is -2.38. The number of carbonyl (C=O) groups is 2. The van der Waals surface area contributed by atoms with Gasteiger partial charge < -0.3 is 19.6 Å². The second-order valence-electron chi connectivity index (χ2n) is 8.80. The largest absolute Gasteiger partial charge is 0.456 e. The number of aliphatic hydroxyl groups excluding tert-OH is 1. The fourth-order valence-electron chi connectivity index (χ4n) is 4.93. The van der Waals surface area contributed by atoms with Gasteiger partial charge >= 0.3 is 5.97 Å². The van der Waals surface area contributed by atoms with Crippen LogP contribution in [-0.4, -0.2) is 79.8 Å². The number of benzene rings is 1. The normalized spacial score (nSPS) is 22.1. The Balaban J connectivity index is 1.18. The highest BCUT2D eigenvalue weighted by atomic mass is 16.5. The molecule has 2 aromatic rings. The predicted molar refractivity (Wildman–Crippen MR) is 112 cm³/mol. The van der Waals surface area contributed by atoms with Gasteiger partial charge in [0.2, 0.25) is 5.91 Å². The third-order valence-corrected chi connectivity index (χ3v) is 7.05. The van der Waals surface area contributed by atoms with E-state index in [9.17, 15) is 14.7 Å². The van der Waals surface area contributed by atoms with Crippen molar-refractivity contribution < 1.29 is 19.4 Å². The highest BCUT2D eigenvalue weighted by Gasteiger charge is 2.50. The molecule has 3 aliphatic rings. The lowest BCUT2D eigenvalue weighted by atomic mass is 9.77. The molecule has 2 saturated heterocycles. The van der Waals surface area contributed by atoms with Gasteiger partial charge in [0.05, 0.1) is 28.5 Å². The SMILES string of the molecule is CC1=C(N2CCC3(CCN(C[C@H](O)c4ccc(-n5cnnn5)cc4)CC3)C2=O)COC1=O. The molecule has 1 amide bonds.